The average molecular weight is 339 g/mol. The lowest BCUT2D eigenvalue weighted by molar-refractivity contribution is 0.210. The Morgan fingerprint density at radius 3 is 2.84 bits per heavy atom. The highest BCUT2D eigenvalue weighted by molar-refractivity contribution is 5.79. The number of aromatic amines is 1. The molecule has 0 saturated carbocycles. The zero-order valence-electron chi connectivity index (χ0n) is 15.8. The van der Waals surface area contributed by atoms with E-state index in [1.807, 2.05) is 16.7 Å². The Balaban J connectivity index is 1.76. The van der Waals surface area contributed by atoms with E-state index in [1.165, 1.54) is 16.7 Å². The van der Waals surface area contributed by atoms with Crippen LogP contribution in [0.4, 0.5) is 0 Å². The van der Waals surface area contributed by atoms with Crippen molar-refractivity contribution in [1.29, 1.82) is 0 Å². The number of para-hydroxylation sites is 1. The van der Waals surface area contributed by atoms with Crippen molar-refractivity contribution in [2.75, 3.05) is 6.54 Å². The van der Waals surface area contributed by atoms with Crippen LogP contribution in [0, 0.1) is 0 Å². The van der Waals surface area contributed by atoms with Crippen molar-refractivity contribution in [3.63, 3.8) is 0 Å². The number of hydrogen-bond donors (Lipinski definition) is 1. The summed E-state index contributed by atoms with van der Waals surface area (Å²) < 4.78 is 1.90. The van der Waals surface area contributed by atoms with Crippen LogP contribution in [0.1, 0.15) is 46.1 Å². The number of H-pyrrole nitrogens is 1. The van der Waals surface area contributed by atoms with E-state index in [0.29, 0.717) is 6.04 Å². The lowest BCUT2D eigenvalue weighted by Gasteiger charge is -2.26. The maximum absolute atomic E-state index is 12.3. The molecule has 1 unspecified atom stereocenters. The van der Waals surface area contributed by atoms with Crippen LogP contribution in [-0.2, 0) is 13.1 Å². The van der Waals surface area contributed by atoms with Gasteiger partial charge in [-0.3, -0.25) is 9.47 Å². The second kappa shape index (κ2) is 7.44. The van der Waals surface area contributed by atoms with Crippen LogP contribution in [0.25, 0.3) is 11.0 Å². The summed E-state index contributed by atoms with van der Waals surface area (Å²) in [6.45, 7) is 11.3. The van der Waals surface area contributed by atoms with E-state index in [0.717, 1.165) is 43.5 Å². The van der Waals surface area contributed by atoms with E-state index in [2.05, 4.69) is 55.8 Å². The van der Waals surface area contributed by atoms with Gasteiger partial charge >= 0.3 is 5.69 Å². The lowest BCUT2D eigenvalue weighted by atomic mass is 10.1. The molecular formula is C21H29N3O. The monoisotopic (exact) mass is 339 g/mol. The Labute approximate surface area is 149 Å². The van der Waals surface area contributed by atoms with E-state index in [1.54, 1.807) is 0 Å². The number of benzene rings is 1. The number of nitrogens with zero attached hydrogens (tertiary/aromatic N) is 2. The highest BCUT2D eigenvalue weighted by atomic mass is 16.1. The fraction of sp³-hybridized carbons (Fsp3) is 0.476. The zero-order chi connectivity index (χ0) is 18.0. The molecule has 0 bridgehead atoms. The molecule has 1 aromatic heterocycles. The first-order chi connectivity index (χ1) is 12.0. The Hall–Kier alpha value is -2.07. The predicted molar refractivity (Wildman–Crippen MR) is 105 cm³/mol. The molecule has 0 radical (unpaired) electrons. The van der Waals surface area contributed by atoms with Gasteiger partial charge in [0.1, 0.15) is 0 Å². The lowest BCUT2D eigenvalue weighted by Crippen LogP contribution is -2.36. The van der Waals surface area contributed by atoms with Crippen molar-refractivity contribution < 1.29 is 0 Å². The van der Waals surface area contributed by atoms with Crippen LogP contribution in [0.2, 0.25) is 0 Å². The Morgan fingerprint density at radius 1 is 1.28 bits per heavy atom. The maximum Gasteiger partial charge on any atom is 0.326 e. The van der Waals surface area contributed by atoms with Gasteiger partial charge in [0.2, 0.25) is 0 Å². The summed E-state index contributed by atoms with van der Waals surface area (Å²) in [6, 6.07) is 6.49. The molecule has 1 aromatic carbocycles. The number of aromatic nitrogens is 2. The second-order valence-corrected chi connectivity index (χ2v) is 7.50. The average Bonchev–Trinajstić information content (AvgIpc) is 2.78. The third-order valence-corrected chi connectivity index (χ3v) is 5.09. The molecule has 3 rings (SSSR count). The first kappa shape index (κ1) is 17.7. The Bertz CT molecular complexity index is 865. The van der Waals surface area contributed by atoms with Crippen molar-refractivity contribution in [2.24, 2.45) is 0 Å². The molecule has 4 nitrogen and oxygen atoms in total. The van der Waals surface area contributed by atoms with Gasteiger partial charge in [-0.25, -0.2) is 4.79 Å². The molecule has 1 aliphatic rings. The molecule has 134 valence electrons. The molecule has 4 heteroatoms. The fourth-order valence-corrected chi connectivity index (χ4v) is 3.56. The number of hydrogen-bond acceptors (Lipinski definition) is 2. The van der Waals surface area contributed by atoms with Gasteiger partial charge in [0.25, 0.3) is 0 Å². The van der Waals surface area contributed by atoms with E-state index in [4.69, 9.17) is 0 Å². The number of allylic oxidation sites excluding steroid dienone is 3. The summed E-state index contributed by atoms with van der Waals surface area (Å²) in [5, 5.41) is 0. The van der Waals surface area contributed by atoms with Crippen LogP contribution in [0.3, 0.4) is 0 Å². The molecule has 0 spiro atoms. The minimum Gasteiger partial charge on any atom is -0.306 e. The van der Waals surface area contributed by atoms with Crippen molar-refractivity contribution in [3.05, 3.63) is 57.5 Å². The first-order valence-corrected chi connectivity index (χ1v) is 9.19. The molecule has 0 saturated heterocycles. The smallest absolute Gasteiger partial charge is 0.306 e. The van der Waals surface area contributed by atoms with Crippen molar-refractivity contribution in [2.45, 2.75) is 59.7 Å². The molecule has 1 N–H and O–H groups in total. The molecule has 0 fully saturated rings. The van der Waals surface area contributed by atoms with E-state index in [9.17, 15) is 4.79 Å². The van der Waals surface area contributed by atoms with Crippen LogP contribution in [-0.4, -0.2) is 27.0 Å². The molecule has 2 aromatic rings. The normalized spacial score (nSPS) is 18.4. The third-order valence-electron chi connectivity index (χ3n) is 5.09. The summed E-state index contributed by atoms with van der Waals surface area (Å²) in [5.74, 6) is 0. The number of nitrogens with one attached hydrogen (secondary N) is 1. The van der Waals surface area contributed by atoms with Gasteiger partial charge in [-0.05, 0) is 52.2 Å². The number of rotatable bonds is 5. The minimum absolute atomic E-state index is 0.00425. The largest absolute Gasteiger partial charge is 0.326 e. The Morgan fingerprint density at radius 2 is 2.08 bits per heavy atom. The van der Waals surface area contributed by atoms with Gasteiger partial charge in [-0.1, -0.05) is 35.4 Å². The molecule has 25 heavy (non-hydrogen) atoms. The van der Waals surface area contributed by atoms with Crippen LogP contribution < -0.4 is 5.69 Å². The van der Waals surface area contributed by atoms with Gasteiger partial charge in [0.05, 0.1) is 11.0 Å². The van der Waals surface area contributed by atoms with Crippen LogP contribution >= 0.6 is 0 Å². The molecule has 1 atom stereocenters. The highest BCUT2D eigenvalue weighted by Gasteiger charge is 2.23. The van der Waals surface area contributed by atoms with Gasteiger partial charge in [0, 0.05) is 25.7 Å². The van der Waals surface area contributed by atoms with E-state index >= 15 is 0 Å². The van der Waals surface area contributed by atoms with E-state index < -0.39 is 0 Å². The third kappa shape index (κ3) is 3.96. The first-order valence-electron chi connectivity index (χ1n) is 9.19. The van der Waals surface area contributed by atoms with Gasteiger partial charge in [0.15, 0.2) is 0 Å². The second-order valence-electron chi connectivity index (χ2n) is 7.50. The van der Waals surface area contributed by atoms with Gasteiger partial charge in [-0.2, -0.15) is 0 Å². The highest BCUT2D eigenvalue weighted by Crippen LogP contribution is 2.23. The van der Waals surface area contributed by atoms with E-state index in [-0.39, 0.29) is 5.69 Å². The summed E-state index contributed by atoms with van der Waals surface area (Å²) in [4.78, 5) is 17.7. The summed E-state index contributed by atoms with van der Waals surface area (Å²) in [7, 11) is 0. The van der Waals surface area contributed by atoms with Crippen LogP contribution in [0.5, 0.6) is 0 Å². The zero-order valence-corrected chi connectivity index (χ0v) is 15.8. The topological polar surface area (TPSA) is 41.0 Å². The molecule has 0 aliphatic carbocycles. The molecule has 2 heterocycles. The van der Waals surface area contributed by atoms with Gasteiger partial charge in [-0.15, -0.1) is 0 Å². The summed E-state index contributed by atoms with van der Waals surface area (Å²) in [5.41, 5.74) is 6.08. The molecule has 0 amide bonds. The SMILES string of the molecule is CC(C)=CCC/C(C)=C/CN1Cc2cccc3[nH]c(=O)n(c23)CC1C. The van der Waals surface area contributed by atoms with Crippen LogP contribution in [0.15, 0.2) is 46.3 Å². The number of imidazole rings is 1. The van der Waals surface area contributed by atoms with Crippen molar-refractivity contribution >= 4 is 11.0 Å². The quantitative estimate of drug-likeness (QED) is 0.828. The summed E-state index contributed by atoms with van der Waals surface area (Å²) >= 11 is 0. The molecular weight excluding hydrogens is 310 g/mol. The predicted octanol–water partition coefficient (Wildman–Crippen LogP) is 4.23. The fourth-order valence-electron chi connectivity index (χ4n) is 3.56. The van der Waals surface area contributed by atoms with Gasteiger partial charge < -0.3 is 4.98 Å². The summed E-state index contributed by atoms with van der Waals surface area (Å²) in [6.07, 6.45) is 6.87. The Kier molecular flexibility index (Phi) is 5.28. The maximum atomic E-state index is 12.3. The standard InChI is InChI=1S/C21H29N3O/c1-15(2)7-5-8-16(3)11-12-23-14-18-9-6-10-19-20(18)24(13-17(23)4)21(25)22-19/h6-7,9-11,17H,5,8,12-14H2,1-4H3,(H,22,25)/b16-11+. The van der Waals surface area contributed by atoms with Crippen molar-refractivity contribution in [3.8, 4) is 0 Å². The van der Waals surface area contributed by atoms with Crippen molar-refractivity contribution in [1.82, 2.24) is 14.5 Å². The minimum atomic E-state index is 0.00425. The molecule has 1 aliphatic heterocycles.